The molecule has 2 saturated heterocycles. The van der Waals surface area contributed by atoms with Crippen LogP contribution in [0.1, 0.15) is 46.0 Å². The fourth-order valence-electron chi connectivity index (χ4n) is 3.40. The van der Waals surface area contributed by atoms with Crippen molar-refractivity contribution in [3.63, 3.8) is 0 Å². The summed E-state index contributed by atoms with van der Waals surface area (Å²) in [6.07, 6.45) is 5.09. The van der Waals surface area contributed by atoms with Crippen LogP contribution in [0, 0.1) is 5.92 Å². The highest BCUT2D eigenvalue weighted by molar-refractivity contribution is 7.86. The minimum Gasteiger partial charge on any atom is -0.329 e. The van der Waals surface area contributed by atoms with E-state index in [1.54, 1.807) is 8.61 Å². The van der Waals surface area contributed by atoms with Gasteiger partial charge in [-0.05, 0) is 38.5 Å². The molecule has 3 atom stereocenters. The molecule has 0 aliphatic carbocycles. The first-order valence-corrected chi connectivity index (χ1v) is 8.87. The third kappa shape index (κ3) is 2.96. The second-order valence-electron chi connectivity index (χ2n) is 6.00. The first-order valence-electron chi connectivity index (χ1n) is 7.47. The summed E-state index contributed by atoms with van der Waals surface area (Å²) < 4.78 is 29.1. The van der Waals surface area contributed by atoms with Gasteiger partial charge in [0.25, 0.3) is 10.2 Å². The Morgan fingerprint density at radius 1 is 1.05 bits per heavy atom. The van der Waals surface area contributed by atoms with Crippen LogP contribution in [-0.4, -0.2) is 48.7 Å². The van der Waals surface area contributed by atoms with Crippen molar-refractivity contribution in [2.75, 3.05) is 19.6 Å². The van der Waals surface area contributed by atoms with Crippen LogP contribution in [0.2, 0.25) is 0 Å². The van der Waals surface area contributed by atoms with E-state index in [1.165, 1.54) is 0 Å². The van der Waals surface area contributed by atoms with Crippen LogP contribution >= 0.6 is 0 Å². The highest BCUT2D eigenvalue weighted by atomic mass is 32.2. The number of hydrogen-bond acceptors (Lipinski definition) is 3. The molecule has 0 aromatic carbocycles. The second kappa shape index (κ2) is 6.08. The molecule has 0 radical (unpaired) electrons. The quantitative estimate of drug-likeness (QED) is 0.848. The first kappa shape index (κ1) is 15.2. The summed E-state index contributed by atoms with van der Waals surface area (Å²) in [5.41, 5.74) is 5.82. The Bertz CT molecular complexity index is 399. The summed E-state index contributed by atoms with van der Waals surface area (Å²) in [4.78, 5) is 0. The monoisotopic (exact) mass is 289 g/mol. The van der Waals surface area contributed by atoms with Gasteiger partial charge in [0.15, 0.2) is 0 Å². The van der Waals surface area contributed by atoms with Crippen molar-refractivity contribution < 1.29 is 8.42 Å². The van der Waals surface area contributed by atoms with E-state index in [1.807, 2.05) is 6.92 Å². The van der Waals surface area contributed by atoms with Gasteiger partial charge in [0, 0.05) is 31.7 Å². The van der Waals surface area contributed by atoms with Crippen molar-refractivity contribution in [3.05, 3.63) is 0 Å². The molecule has 3 unspecified atom stereocenters. The Labute approximate surface area is 117 Å². The maximum Gasteiger partial charge on any atom is 0.282 e. The molecule has 2 heterocycles. The molecule has 0 aromatic rings. The molecule has 2 N–H and O–H groups in total. The van der Waals surface area contributed by atoms with Gasteiger partial charge < -0.3 is 5.73 Å². The van der Waals surface area contributed by atoms with Gasteiger partial charge in [0.2, 0.25) is 0 Å². The first-order chi connectivity index (χ1) is 8.98. The highest BCUT2D eigenvalue weighted by Gasteiger charge is 2.40. The Balaban J connectivity index is 2.21. The fourth-order valence-corrected chi connectivity index (χ4v) is 5.58. The summed E-state index contributed by atoms with van der Waals surface area (Å²) in [5, 5.41) is 0. The van der Waals surface area contributed by atoms with Crippen LogP contribution in [-0.2, 0) is 10.2 Å². The molecule has 5 nitrogen and oxygen atoms in total. The van der Waals surface area contributed by atoms with E-state index in [2.05, 4.69) is 6.92 Å². The van der Waals surface area contributed by atoms with Gasteiger partial charge in [-0.3, -0.25) is 0 Å². The Hall–Kier alpha value is -0.170. The molecule has 0 saturated carbocycles. The molecule has 0 aromatic heterocycles. The molecule has 19 heavy (non-hydrogen) atoms. The second-order valence-corrected chi connectivity index (χ2v) is 7.83. The molecule has 2 rings (SSSR count). The van der Waals surface area contributed by atoms with E-state index in [-0.39, 0.29) is 12.1 Å². The van der Waals surface area contributed by atoms with E-state index in [4.69, 9.17) is 5.73 Å². The largest absolute Gasteiger partial charge is 0.329 e. The van der Waals surface area contributed by atoms with Crippen LogP contribution in [0.25, 0.3) is 0 Å². The van der Waals surface area contributed by atoms with Crippen molar-refractivity contribution in [2.24, 2.45) is 11.7 Å². The summed E-state index contributed by atoms with van der Waals surface area (Å²) in [7, 11) is -3.34. The normalized spacial score (nSPS) is 35.4. The standard InChI is InChI=1S/C13H27N3O2S/c1-11-6-5-9-16(13(11)10-14)19(17,18)15-8-4-3-7-12(15)2/h11-13H,3-10,14H2,1-2H3. The molecule has 112 valence electrons. The predicted octanol–water partition coefficient (Wildman–Crippen LogP) is 1.16. The van der Waals surface area contributed by atoms with Gasteiger partial charge in [-0.2, -0.15) is 17.0 Å². The van der Waals surface area contributed by atoms with Gasteiger partial charge in [-0.15, -0.1) is 0 Å². The average molecular weight is 289 g/mol. The van der Waals surface area contributed by atoms with E-state index >= 15 is 0 Å². The van der Waals surface area contributed by atoms with Gasteiger partial charge in [0.1, 0.15) is 0 Å². The fraction of sp³-hybridized carbons (Fsp3) is 1.00. The third-order valence-electron chi connectivity index (χ3n) is 4.64. The summed E-state index contributed by atoms with van der Waals surface area (Å²) in [6.45, 7) is 5.83. The van der Waals surface area contributed by atoms with E-state index < -0.39 is 10.2 Å². The lowest BCUT2D eigenvalue weighted by Crippen LogP contribution is -2.57. The molecule has 0 amide bonds. The minimum atomic E-state index is -3.34. The number of nitrogens with two attached hydrogens (primary N) is 1. The van der Waals surface area contributed by atoms with Crippen LogP contribution in [0.4, 0.5) is 0 Å². The molecule has 2 fully saturated rings. The lowest BCUT2D eigenvalue weighted by molar-refractivity contribution is 0.166. The number of hydrogen-bond donors (Lipinski definition) is 1. The molecule has 0 spiro atoms. The van der Waals surface area contributed by atoms with Gasteiger partial charge >= 0.3 is 0 Å². The maximum atomic E-state index is 12.9. The van der Waals surface area contributed by atoms with Crippen LogP contribution in [0.15, 0.2) is 0 Å². The lowest BCUT2D eigenvalue weighted by Gasteiger charge is -2.43. The van der Waals surface area contributed by atoms with Crippen LogP contribution in [0.3, 0.4) is 0 Å². The van der Waals surface area contributed by atoms with Crippen molar-refractivity contribution in [3.8, 4) is 0 Å². The van der Waals surface area contributed by atoms with Crippen LogP contribution < -0.4 is 5.73 Å². The average Bonchev–Trinajstić information content (AvgIpc) is 2.38. The van der Waals surface area contributed by atoms with Crippen molar-refractivity contribution in [1.29, 1.82) is 0 Å². The summed E-state index contributed by atoms with van der Waals surface area (Å²) in [6, 6.07) is 0.0854. The van der Waals surface area contributed by atoms with E-state index in [9.17, 15) is 8.42 Å². The molecule has 2 aliphatic heterocycles. The SMILES string of the molecule is CC1CCCN(S(=O)(=O)N2CCCCC2C)C1CN. The predicted molar refractivity (Wildman–Crippen MR) is 76.9 cm³/mol. The molecule has 0 bridgehead atoms. The lowest BCUT2D eigenvalue weighted by atomic mass is 9.93. The molecular formula is C13H27N3O2S. The Morgan fingerprint density at radius 2 is 1.74 bits per heavy atom. The van der Waals surface area contributed by atoms with Crippen molar-refractivity contribution in [1.82, 2.24) is 8.61 Å². The zero-order chi connectivity index (χ0) is 14.0. The van der Waals surface area contributed by atoms with Crippen molar-refractivity contribution >= 4 is 10.2 Å². The maximum absolute atomic E-state index is 12.9. The smallest absolute Gasteiger partial charge is 0.282 e. The summed E-state index contributed by atoms with van der Waals surface area (Å²) in [5.74, 6) is 0.355. The number of nitrogens with zero attached hydrogens (tertiary/aromatic N) is 2. The van der Waals surface area contributed by atoms with Crippen molar-refractivity contribution in [2.45, 2.75) is 58.0 Å². The van der Waals surface area contributed by atoms with Gasteiger partial charge in [0.05, 0.1) is 0 Å². The molecular weight excluding hydrogens is 262 g/mol. The molecule has 2 aliphatic rings. The van der Waals surface area contributed by atoms with Gasteiger partial charge in [-0.1, -0.05) is 13.3 Å². The van der Waals surface area contributed by atoms with E-state index in [0.29, 0.717) is 25.6 Å². The highest BCUT2D eigenvalue weighted by Crippen LogP contribution is 2.29. The topological polar surface area (TPSA) is 66.6 Å². The Kier molecular flexibility index (Phi) is 4.87. The molecule has 6 heteroatoms. The summed E-state index contributed by atoms with van der Waals surface area (Å²) >= 11 is 0. The van der Waals surface area contributed by atoms with E-state index in [0.717, 1.165) is 32.1 Å². The van der Waals surface area contributed by atoms with Gasteiger partial charge in [-0.25, -0.2) is 0 Å². The zero-order valence-electron chi connectivity index (χ0n) is 12.1. The minimum absolute atomic E-state index is 0.0344. The van der Waals surface area contributed by atoms with Crippen LogP contribution in [0.5, 0.6) is 0 Å². The third-order valence-corrected chi connectivity index (χ3v) is 6.82. The Morgan fingerprint density at radius 3 is 2.37 bits per heavy atom. The zero-order valence-corrected chi connectivity index (χ0v) is 12.9. The number of piperidine rings is 2. The number of rotatable bonds is 3.